The van der Waals surface area contributed by atoms with Crippen LogP contribution in [0.1, 0.15) is 58.6 Å². The third-order valence-electron chi connectivity index (χ3n) is 9.49. The number of fused-ring (bicyclic) bond motifs is 2. The number of aromatic nitrogens is 2. The van der Waals surface area contributed by atoms with Crippen molar-refractivity contribution in [1.82, 2.24) is 9.80 Å². The molecule has 0 spiro atoms. The first kappa shape index (κ1) is 24.9. The molecule has 0 amide bonds. The largest absolute Gasteiger partial charge is 0.335 e. The summed E-state index contributed by atoms with van der Waals surface area (Å²) in [6.45, 7) is 6.40. The molecule has 0 saturated heterocycles. The Morgan fingerprint density at radius 3 is 1.39 bits per heavy atom. The van der Waals surface area contributed by atoms with E-state index in [1.165, 1.54) is 80.8 Å². The molecule has 41 heavy (non-hydrogen) atoms. The summed E-state index contributed by atoms with van der Waals surface area (Å²) in [4.78, 5) is 7.64. The van der Waals surface area contributed by atoms with Crippen LogP contribution in [0.15, 0.2) is 82.8 Å². The van der Waals surface area contributed by atoms with E-state index in [-0.39, 0.29) is 0 Å². The Labute approximate surface area is 247 Å². The summed E-state index contributed by atoms with van der Waals surface area (Å²) in [6, 6.07) is 22.6. The lowest BCUT2D eigenvalue weighted by Gasteiger charge is -2.28. The molecule has 204 valence electrons. The smallest absolute Gasteiger partial charge is 0.231 e. The highest BCUT2D eigenvalue weighted by molar-refractivity contribution is 7.99. The Hall–Kier alpha value is -3.83. The van der Waals surface area contributed by atoms with E-state index in [0.29, 0.717) is 0 Å². The van der Waals surface area contributed by atoms with Crippen LogP contribution in [0.25, 0.3) is 22.8 Å². The predicted molar refractivity (Wildman–Crippen MR) is 166 cm³/mol. The molecule has 4 aliphatic rings. The Kier molecular flexibility index (Phi) is 5.68. The van der Waals surface area contributed by atoms with Gasteiger partial charge in [0.2, 0.25) is 11.4 Å². The lowest BCUT2D eigenvalue weighted by molar-refractivity contribution is -0.696. The van der Waals surface area contributed by atoms with Gasteiger partial charge in [-0.2, -0.15) is 9.13 Å². The van der Waals surface area contributed by atoms with Crippen molar-refractivity contribution in [2.45, 2.75) is 62.4 Å². The van der Waals surface area contributed by atoms with E-state index in [2.05, 4.69) is 120 Å². The minimum absolute atomic E-state index is 0.984. The normalized spacial score (nSPS) is 16.4. The van der Waals surface area contributed by atoms with Gasteiger partial charge in [0.25, 0.3) is 0 Å². The van der Waals surface area contributed by atoms with Crippen LogP contribution in [0.4, 0.5) is 0 Å². The zero-order valence-electron chi connectivity index (χ0n) is 24.4. The monoisotopic (exact) mass is 556 g/mol. The number of pyridine rings is 2. The molecule has 0 saturated carbocycles. The molecule has 2 aromatic carbocycles. The summed E-state index contributed by atoms with van der Waals surface area (Å²) in [5, 5.41) is 0. The lowest BCUT2D eigenvalue weighted by atomic mass is 9.84. The van der Waals surface area contributed by atoms with E-state index in [4.69, 9.17) is 0 Å². The van der Waals surface area contributed by atoms with Crippen molar-refractivity contribution < 1.29 is 9.13 Å². The van der Waals surface area contributed by atoms with Crippen molar-refractivity contribution in [3.05, 3.63) is 118 Å². The third kappa shape index (κ3) is 3.75. The van der Waals surface area contributed by atoms with Crippen LogP contribution in [-0.2, 0) is 38.8 Å². The molecule has 2 aliphatic carbocycles. The number of nitrogens with zero attached hydrogens (tertiary/aromatic N) is 4. The van der Waals surface area contributed by atoms with Gasteiger partial charge in [-0.3, -0.25) is 0 Å². The van der Waals surface area contributed by atoms with Crippen LogP contribution in [-0.4, -0.2) is 23.9 Å². The lowest BCUT2D eigenvalue weighted by Crippen LogP contribution is -2.35. The average molecular weight is 557 g/mol. The molecule has 2 aliphatic heterocycles. The van der Waals surface area contributed by atoms with Crippen molar-refractivity contribution in [3.63, 3.8) is 0 Å². The van der Waals surface area contributed by atoms with Crippen molar-refractivity contribution in [2.24, 2.45) is 0 Å². The second-order valence-electron chi connectivity index (χ2n) is 11.5. The van der Waals surface area contributed by atoms with Gasteiger partial charge in [0.1, 0.15) is 24.5 Å². The molecule has 4 heterocycles. The minimum atomic E-state index is 0.984. The summed E-state index contributed by atoms with van der Waals surface area (Å²) in [6.07, 6.45) is 9.12. The Morgan fingerprint density at radius 1 is 0.561 bits per heavy atom. The van der Waals surface area contributed by atoms with Crippen LogP contribution in [0.2, 0.25) is 0 Å². The summed E-state index contributed by atoms with van der Waals surface area (Å²) < 4.78 is 4.69. The second-order valence-corrected chi connectivity index (χ2v) is 12.6. The first-order valence-electron chi connectivity index (χ1n) is 15.0. The molecular formula is C36H36N4S+2. The number of hydrogen-bond donors (Lipinski definition) is 0. The highest BCUT2D eigenvalue weighted by atomic mass is 32.2. The van der Waals surface area contributed by atoms with E-state index in [0.717, 1.165) is 13.1 Å². The van der Waals surface area contributed by atoms with Crippen LogP contribution >= 0.6 is 11.8 Å². The van der Waals surface area contributed by atoms with Gasteiger partial charge >= 0.3 is 0 Å². The maximum absolute atomic E-state index is 2.39. The van der Waals surface area contributed by atoms with Crippen LogP contribution in [0.5, 0.6) is 0 Å². The Bertz CT molecular complexity index is 1700. The maximum atomic E-state index is 2.39. The minimum Gasteiger partial charge on any atom is -0.335 e. The van der Waals surface area contributed by atoms with Gasteiger partial charge in [-0.05, 0) is 86.1 Å². The van der Waals surface area contributed by atoms with Crippen molar-refractivity contribution in [1.29, 1.82) is 0 Å². The zero-order chi connectivity index (χ0) is 27.8. The third-order valence-corrected chi connectivity index (χ3v) is 10.7. The van der Waals surface area contributed by atoms with E-state index in [1.54, 1.807) is 22.3 Å². The fraction of sp³-hybridized carbons (Fsp3) is 0.278. The molecule has 2 aromatic heterocycles. The number of hydrogen-bond acceptors (Lipinski definition) is 3. The van der Waals surface area contributed by atoms with Crippen molar-refractivity contribution >= 4 is 34.6 Å². The molecule has 0 unspecified atom stereocenters. The molecule has 8 rings (SSSR count). The number of benzene rings is 2. The zero-order valence-corrected chi connectivity index (χ0v) is 25.2. The summed E-state index contributed by atoms with van der Waals surface area (Å²) in [5.74, 6) is 0. The molecule has 4 aromatic rings. The summed E-state index contributed by atoms with van der Waals surface area (Å²) in [5.41, 5.74) is 17.3. The molecule has 4 nitrogen and oxygen atoms in total. The van der Waals surface area contributed by atoms with E-state index < -0.39 is 0 Å². The first-order valence-corrected chi connectivity index (χ1v) is 15.8. The van der Waals surface area contributed by atoms with E-state index in [1.807, 2.05) is 11.8 Å². The standard InChI is InChI=1S/C36H36N4S/c1-5-39-21-9-7-11-29(39)35-33(37(35)3)27-17-19-31(25-15-13-23(25)27)41-32-20-18-28(24-14-16-26(24)32)34-36(38(34)4)30-12-8-10-22-40(30)6-2/h7-12,17-22H,5-6,13-16H2,1-4H3/q+2. The van der Waals surface area contributed by atoms with Crippen LogP contribution in [0.3, 0.4) is 0 Å². The van der Waals surface area contributed by atoms with Crippen LogP contribution < -0.4 is 9.13 Å². The number of aryl methyl sites for hydroxylation is 2. The van der Waals surface area contributed by atoms with Gasteiger partial charge in [0.05, 0.1) is 11.4 Å². The Morgan fingerprint density at radius 2 is 1.00 bits per heavy atom. The van der Waals surface area contributed by atoms with Gasteiger partial charge in [-0.1, -0.05) is 23.9 Å². The second kappa shape index (κ2) is 9.35. The SMILES string of the molecule is CC[n+]1ccccc1C1=C(c2ccc(Sc3ccc(C4=C(c5cccc[n+]5CC)N4C)c4c3CC4)c3c2CC3)N1C. The summed E-state index contributed by atoms with van der Waals surface area (Å²) in [7, 11) is 4.43. The number of rotatable bonds is 8. The fourth-order valence-corrected chi connectivity index (χ4v) is 8.20. The van der Waals surface area contributed by atoms with E-state index >= 15 is 0 Å². The molecular weight excluding hydrogens is 520 g/mol. The van der Waals surface area contributed by atoms with Gasteiger partial charge in [-0.15, -0.1) is 0 Å². The van der Waals surface area contributed by atoms with Crippen molar-refractivity contribution in [2.75, 3.05) is 14.1 Å². The van der Waals surface area contributed by atoms with Crippen molar-refractivity contribution in [3.8, 4) is 0 Å². The quantitative estimate of drug-likeness (QED) is 0.240. The Balaban J connectivity index is 1.10. The molecule has 0 fully saturated rings. The highest BCUT2D eigenvalue weighted by Crippen LogP contribution is 2.52. The molecule has 0 bridgehead atoms. The topological polar surface area (TPSA) is 13.8 Å². The molecule has 5 heteroatoms. The van der Waals surface area contributed by atoms with Gasteiger partial charge in [-0.25, -0.2) is 0 Å². The summed E-state index contributed by atoms with van der Waals surface area (Å²) >= 11 is 1.99. The molecule has 0 atom stereocenters. The fourth-order valence-electron chi connectivity index (χ4n) is 6.99. The predicted octanol–water partition coefficient (Wildman–Crippen LogP) is 6.19. The van der Waals surface area contributed by atoms with Crippen LogP contribution in [0, 0.1) is 0 Å². The van der Waals surface area contributed by atoms with Gasteiger partial charge in [0, 0.05) is 59.3 Å². The average Bonchev–Trinajstić information content (AvgIpc) is 3.83. The van der Waals surface area contributed by atoms with E-state index in [9.17, 15) is 0 Å². The highest BCUT2D eigenvalue weighted by Gasteiger charge is 2.41. The first-order chi connectivity index (χ1) is 20.1. The van der Waals surface area contributed by atoms with Gasteiger partial charge < -0.3 is 9.80 Å². The maximum Gasteiger partial charge on any atom is 0.231 e. The van der Waals surface area contributed by atoms with Gasteiger partial charge in [0.15, 0.2) is 12.4 Å². The molecule has 0 N–H and O–H groups in total. The molecule has 0 radical (unpaired) electrons.